The van der Waals surface area contributed by atoms with Crippen LogP contribution in [0, 0.1) is 0 Å². The summed E-state index contributed by atoms with van der Waals surface area (Å²) in [5.74, 6) is 0.692. The van der Waals surface area contributed by atoms with Gasteiger partial charge in [-0.3, -0.25) is 0 Å². The zero-order valence-electron chi connectivity index (χ0n) is 9.89. The molecular formula is C12H19NO4. The molecule has 1 aromatic carbocycles. The van der Waals surface area contributed by atoms with E-state index in [-0.39, 0.29) is 19.8 Å². The molecule has 1 rings (SSSR count). The summed E-state index contributed by atoms with van der Waals surface area (Å²) in [6, 6.07) is 5.53. The molecule has 4 N–H and O–H groups in total. The normalized spacial score (nSPS) is 12.2. The van der Waals surface area contributed by atoms with Crippen molar-refractivity contribution in [3.63, 3.8) is 0 Å². The Bertz CT molecular complexity index is 343. The van der Waals surface area contributed by atoms with E-state index >= 15 is 0 Å². The Morgan fingerprint density at radius 2 is 2.06 bits per heavy atom. The maximum absolute atomic E-state index is 9.23. The first kappa shape index (κ1) is 13.8. The third-order valence-corrected chi connectivity index (χ3v) is 2.36. The van der Waals surface area contributed by atoms with Gasteiger partial charge >= 0.3 is 0 Å². The van der Waals surface area contributed by atoms with Crippen LogP contribution < -0.4 is 10.1 Å². The molecule has 0 amide bonds. The molecule has 17 heavy (non-hydrogen) atoms. The van der Waals surface area contributed by atoms with Crippen molar-refractivity contribution in [3.8, 4) is 5.75 Å². The molecule has 1 aromatic rings. The summed E-state index contributed by atoms with van der Waals surface area (Å²) >= 11 is 0. The molecular weight excluding hydrogens is 222 g/mol. The number of aliphatic hydroxyl groups excluding tert-OH is 3. The van der Waals surface area contributed by atoms with E-state index in [0.29, 0.717) is 12.2 Å². The minimum absolute atomic E-state index is 0.0753. The van der Waals surface area contributed by atoms with Gasteiger partial charge in [0.2, 0.25) is 0 Å². The predicted octanol–water partition coefficient (Wildman–Crippen LogP) is -0.00490. The molecule has 1 atom stereocenters. The Morgan fingerprint density at radius 3 is 2.65 bits per heavy atom. The van der Waals surface area contributed by atoms with Crippen LogP contribution in [-0.4, -0.2) is 48.3 Å². The fourth-order valence-electron chi connectivity index (χ4n) is 1.45. The van der Waals surface area contributed by atoms with Gasteiger partial charge in [0.1, 0.15) is 5.75 Å². The third-order valence-electron chi connectivity index (χ3n) is 2.36. The average Bonchev–Trinajstić information content (AvgIpc) is 2.36. The van der Waals surface area contributed by atoms with E-state index in [9.17, 15) is 5.11 Å². The average molecular weight is 241 g/mol. The number of benzene rings is 1. The monoisotopic (exact) mass is 241 g/mol. The van der Waals surface area contributed by atoms with Gasteiger partial charge in [-0.2, -0.15) is 0 Å². The second kappa shape index (κ2) is 7.11. The molecule has 0 saturated heterocycles. The number of rotatable bonds is 7. The van der Waals surface area contributed by atoms with E-state index in [2.05, 4.69) is 5.32 Å². The van der Waals surface area contributed by atoms with Gasteiger partial charge in [-0.15, -0.1) is 0 Å². The first-order valence-electron chi connectivity index (χ1n) is 5.51. The summed E-state index contributed by atoms with van der Waals surface area (Å²) in [7, 11) is 1.57. The van der Waals surface area contributed by atoms with Gasteiger partial charge in [0.25, 0.3) is 0 Å². The minimum Gasteiger partial charge on any atom is -0.497 e. The highest BCUT2D eigenvalue weighted by Gasteiger charge is 2.04. The van der Waals surface area contributed by atoms with Crippen molar-refractivity contribution in [3.05, 3.63) is 23.8 Å². The summed E-state index contributed by atoms with van der Waals surface area (Å²) < 4.78 is 5.14. The molecule has 0 aliphatic carbocycles. The first-order valence-corrected chi connectivity index (χ1v) is 5.51. The number of nitrogens with one attached hydrogen (secondary N) is 1. The molecule has 0 heterocycles. The van der Waals surface area contributed by atoms with Gasteiger partial charge in [0.05, 0.1) is 19.8 Å². The van der Waals surface area contributed by atoms with Gasteiger partial charge in [-0.1, -0.05) is 0 Å². The molecule has 0 aliphatic heterocycles. The van der Waals surface area contributed by atoms with Crippen molar-refractivity contribution >= 4 is 5.69 Å². The second-order valence-corrected chi connectivity index (χ2v) is 3.76. The minimum atomic E-state index is -0.789. The lowest BCUT2D eigenvalue weighted by Gasteiger charge is -2.13. The van der Waals surface area contributed by atoms with E-state index in [1.54, 1.807) is 13.2 Å². The highest BCUT2D eigenvalue weighted by molar-refractivity contribution is 5.51. The van der Waals surface area contributed by atoms with Gasteiger partial charge < -0.3 is 25.4 Å². The highest BCUT2D eigenvalue weighted by Crippen LogP contribution is 2.21. The summed E-state index contributed by atoms with van der Waals surface area (Å²) in [6.07, 6.45) is -0.239. The Kier molecular flexibility index (Phi) is 5.76. The Labute approximate surface area is 101 Å². The highest BCUT2D eigenvalue weighted by atomic mass is 16.5. The summed E-state index contributed by atoms with van der Waals surface area (Å²) in [4.78, 5) is 0. The number of anilines is 1. The molecule has 0 bridgehead atoms. The summed E-state index contributed by atoms with van der Waals surface area (Å²) in [5.41, 5.74) is 1.74. The van der Waals surface area contributed by atoms with Crippen molar-refractivity contribution in [1.29, 1.82) is 0 Å². The quantitative estimate of drug-likeness (QED) is 0.540. The van der Waals surface area contributed by atoms with Crippen LogP contribution in [0.3, 0.4) is 0 Å². The SMILES string of the molecule is COc1cc(CCO)cc(NCC(O)CO)c1. The largest absolute Gasteiger partial charge is 0.497 e. The summed E-state index contributed by atoms with van der Waals surface area (Å²) in [6.45, 7) is 0.0641. The Hall–Kier alpha value is -1.30. The van der Waals surface area contributed by atoms with Crippen LogP contribution in [0.15, 0.2) is 18.2 Å². The van der Waals surface area contributed by atoms with Gasteiger partial charge in [-0.05, 0) is 24.1 Å². The zero-order chi connectivity index (χ0) is 12.7. The molecule has 0 spiro atoms. The first-order chi connectivity index (χ1) is 8.19. The molecule has 1 unspecified atom stereocenters. The molecule has 0 aromatic heterocycles. The lowest BCUT2D eigenvalue weighted by Crippen LogP contribution is -2.23. The van der Waals surface area contributed by atoms with Crippen LogP contribution in [0.25, 0.3) is 0 Å². The van der Waals surface area contributed by atoms with Crippen LogP contribution in [0.5, 0.6) is 5.75 Å². The molecule has 0 saturated carbocycles. The van der Waals surface area contributed by atoms with E-state index in [1.165, 1.54) is 0 Å². The maximum atomic E-state index is 9.23. The number of aliphatic hydroxyl groups is 3. The fraction of sp³-hybridized carbons (Fsp3) is 0.500. The number of methoxy groups -OCH3 is 1. The van der Waals surface area contributed by atoms with Crippen LogP contribution in [0.1, 0.15) is 5.56 Å². The molecule has 5 nitrogen and oxygen atoms in total. The number of hydrogen-bond acceptors (Lipinski definition) is 5. The van der Waals surface area contributed by atoms with Crippen molar-refractivity contribution in [2.45, 2.75) is 12.5 Å². The van der Waals surface area contributed by atoms with E-state index in [0.717, 1.165) is 11.3 Å². The van der Waals surface area contributed by atoms with Crippen LogP contribution in [0.4, 0.5) is 5.69 Å². The van der Waals surface area contributed by atoms with Crippen molar-refractivity contribution in [2.24, 2.45) is 0 Å². The molecule has 0 radical (unpaired) electrons. The van der Waals surface area contributed by atoms with E-state index < -0.39 is 6.10 Å². The fourth-order valence-corrected chi connectivity index (χ4v) is 1.45. The van der Waals surface area contributed by atoms with Crippen LogP contribution in [-0.2, 0) is 6.42 Å². The molecule has 0 aliphatic rings. The van der Waals surface area contributed by atoms with Gasteiger partial charge in [0, 0.05) is 24.9 Å². The van der Waals surface area contributed by atoms with Crippen LogP contribution >= 0.6 is 0 Å². The lowest BCUT2D eigenvalue weighted by molar-refractivity contribution is 0.105. The zero-order valence-corrected chi connectivity index (χ0v) is 9.89. The van der Waals surface area contributed by atoms with Crippen molar-refractivity contribution in [1.82, 2.24) is 0 Å². The van der Waals surface area contributed by atoms with Gasteiger partial charge in [-0.25, -0.2) is 0 Å². The van der Waals surface area contributed by atoms with Crippen LogP contribution in [0.2, 0.25) is 0 Å². The standard InChI is InChI=1S/C12H19NO4/c1-17-12-5-9(2-3-14)4-10(6-12)13-7-11(16)8-15/h4-6,11,13-16H,2-3,7-8H2,1H3. The van der Waals surface area contributed by atoms with Crippen molar-refractivity contribution < 1.29 is 20.1 Å². The molecule has 96 valence electrons. The van der Waals surface area contributed by atoms with Crippen molar-refractivity contribution in [2.75, 3.05) is 32.2 Å². The van der Waals surface area contributed by atoms with E-state index in [1.807, 2.05) is 12.1 Å². The molecule has 5 heteroatoms. The lowest BCUT2D eigenvalue weighted by atomic mass is 10.1. The topological polar surface area (TPSA) is 82.0 Å². The Morgan fingerprint density at radius 1 is 1.29 bits per heavy atom. The van der Waals surface area contributed by atoms with E-state index in [4.69, 9.17) is 14.9 Å². The smallest absolute Gasteiger partial charge is 0.121 e. The second-order valence-electron chi connectivity index (χ2n) is 3.76. The Balaban J connectivity index is 2.72. The predicted molar refractivity (Wildman–Crippen MR) is 65.4 cm³/mol. The van der Waals surface area contributed by atoms with Gasteiger partial charge in [0.15, 0.2) is 0 Å². The maximum Gasteiger partial charge on any atom is 0.121 e. The number of ether oxygens (including phenoxy) is 1. The summed E-state index contributed by atoms with van der Waals surface area (Å²) in [5, 5.41) is 29.8. The third kappa shape index (κ3) is 4.60. The molecule has 0 fully saturated rings. The number of hydrogen-bond donors (Lipinski definition) is 4.